The lowest BCUT2D eigenvalue weighted by atomic mass is 9.99. The number of thiocarbonyl (C=S) groups is 1. The summed E-state index contributed by atoms with van der Waals surface area (Å²) in [4.78, 5) is 27.5. The molecule has 1 N–H and O–H groups in total. The number of benzene rings is 3. The number of ether oxygens (including phenoxy) is 2. The molecule has 0 bridgehead atoms. The third kappa shape index (κ3) is 4.07. The maximum Gasteiger partial charge on any atom is 0.270 e. The van der Waals surface area contributed by atoms with Crippen LogP contribution in [0.5, 0.6) is 11.5 Å². The van der Waals surface area contributed by atoms with E-state index in [1.165, 1.54) is 4.90 Å². The number of carbonyl (C=O) groups is 2. The van der Waals surface area contributed by atoms with E-state index in [9.17, 15) is 9.59 Å². The summed E-state index contributed by atoms with van der Waals surface area (Å²) in [6.45, 7) is 4.71. The van der Waals surface area contributed by atoms with Crippen molar-refractivity contribution in [3.8, 4) is 11.5 Å². The summed E-state index contributed by atoms with van der Waals surface area (Å²) in [5.74, 6) is 0.142. The first-order valence-corrected chi connectivity index (χ1v) is 10.7. The highest BCUT2D eigenvalue weighted by atomic mass is 32.1. The number of hydrogen-bond donors (Lipinski definition) is 1. The molecule has 0 aromatic heterocycles. The zero-order valence-electron chi connectivity index (χ0n) is 17.8. The molecule has 1 aliphatic rings. The minimum absolute atomic E-state index is 0.0220. The largest absolute Gasteiger partial charge is 0.494 e. The summed E-state index contributed by atoms with van der Waals surface area (Å²) in [7, 11) is 0. The zero-order chi connectivity index (χ0) is 22.7. The van der Waals surface area contributed by atoms with Crippen LogP contribution < -0.4 is 19.7 Å². The Labute approximate surface area is 191 Å². The number of amides is 2. The topological polar surface area (TPSA) is 67.9 Å². The van der Waals surface area contributed by atoms with Crippen molar-refractivity contribution in [3.63, 3.8) is 0 Å². The molecule has 1 aliphatic heterocycles. The Bertz CT molecular complexity index is 1250. The van der Waals surface area contributed by atoms with E-state index in [1.807, 2.05) is 50.2 Å². The average Bonchev–Trinajstić information content (AvgIpc) is 2.78. The molecule has 0 unspecified atom stereocenters. The monoisotopic (exact) mass is 446 g/mol. The number of nitrogens with zero attached hydrogens (tertiary/aromatic N) is 1. The lowest BCUT2D eigenvalue weighted by molar-refractivity contribution is -0.122. The SMILES string of the molecule is CCOc1cccc(N2C(=O)/C(=C\c3c(OCC)ccc4ccccc34)C(=O)NC2=S)c1. The Morgan fingerprint density at radius 2 is 1.75 bits per heavy atom. The van der Waals surface area contributed by atoms with Gasteiger partial charge in [-0.1, -0.05) is 36.4 Å². The van der Waals surface area contributed by atoms with Crippen LogP contribution in [0.15, 0.2) is 66.2 Å². The molecule has 0 saturated carbocycles. The summed E-state index contributed by atoms with van der Waals surface area (Å²) in [5, 5.41) is 4.50. The first kappa shape index (κ1) is 21.5. The van der Waals surface area contributed by atoms with E-state index in [4.69, 9.17) is 21.7 Å². The van der Waals surface area contributed by atoms with Crippen LogP contribution >= 0.6 is 12.2 Å². The Morgan fingerprint density at radius 1 is 0.969 bits per heavy atom. The second kappa shape index (κ2) is 9.20. The Kier molecular flexibility index (Phi) is 6.18. The van der Waals surface area contributed by atoms with Crippen LogP contribution in [-0.2, 0) is 9.59 Å². The summed E-state index contributed by atoms with van der Waals surface area (Å²) in [5.41, 5.74) is 1.15. The lowest BCUT2D eigenvalue weighted by Gasteiger charge is -2.29. The fourth-order valence-electron chi connectivity index (χ4n) is 3.62. The van der Waals surface area contributed by atoms with Crippen molar-refractivity contribution in [1.29, 1.82) is 0 Å². The van der Waals surface area contributed by atoms with Gasteiger partial charge in [-0.3, -0.25) is 19.8 Å². The molecule has 0 aliphatic carbocycles. The minimum Gasteiger partial charge on any atom is -0.494 e. The Morgan fingerprint density at radius 3 is 2.53 bits per heavy atom. The number of anilines is 1. The van der Waals surface area contributed by atoms with E-state index >= 15 is 0 Å². The molecule has 3 aromatic carbocycles. The van der Waals surface area contributed by atoms with Gasteiger partial charge < -0.3 is 9.47 Å². The summed E-state index contributed by atoms with van der Waals surface area (Å²) < 4.78 is 11.3. The molecule has 162 valence electrons. The second-order valence-electron chi connectivity index (χ2n) is 7.02. The molecule has 1 saturated heterocycles. The van der Waals surface area contributed by atoms with E-state index in [0.29, 0.717) is 36.0 Å². The van der Waals surface area contributed by atoms with Crippen molar-refractivity contribution >= 4 is 51.7 Å². The third-order valence-electron chi connectivity index (χ3n) is 5.01. The highest BCUT2D eigenvalue weighted by Gasteiger charge is 2.35. The van der Waals surface area contributed by atoms with Gasteiger partial charge in [0.1, 0.15) is 17.1 Å². The number of fused-ring (bicyclic) bond motifs is 1. The van der Waals surface area contributed by atoms with Crippen LogP contribution in [0.25, 0.3) is 16.8 Å². The van der Waals surface area contributed by atoms with Crippen molar-refractivity contribution in [2.24, 2.45) is 0 Å². The molecule has 7 heteroatoms. The van der Waals surface area contributed by atoms with Crippen molar-refractivity contribution in [2.45, 2.75) is 13.8 Å². The van der Waals surface area contributed by atoms with Crippen LogP contribution in [-0.4, -0.2) is 30.1 Å². The van der Waals surface area contributed by atoms with E-state index in [2.05, 4.69) is 5.32 Å². The van der Waals surface area contributed by atoms with Gasteiger partial charge in [0.2, 0.25) is 0 Å². The maximum atomic E-state index is 13.5. The van der Waals surface area contributed by atoms with Crippen molar-refractivity contribution < 1.29 is 19.1 Å². The average molecular weight is 447 g/mol. The molecule has 0 radical (unpaired) electrons. The number of hydrogen-bond acceptors (Lipinski definition) is 5. The maximum absolute atomic E-state index is 13.5. The van der Waals surface area contributed by atoms with E-state index in [-0.39, 0.29) is 10.7 Å². The zero-order valence-corrected chi connectivity index (χ0v) is 18.6. The Hall–Kier alpha value is -3.71. The number of nitrogens with one attached hydrogen (secondary N) is 1. The lowest BCUT2D eigenvalue weighted by Crippen LogP contribution is -2.54. The van der Waals surface area contributed by atoms with E-state index in [0.717, 1.165) is 10.8 Å². The molecule has 4 rings (SSSR count). The van der Waals surface area contributed by atoms with Gasteiger partial charge in [-0.25, -0.2) is 0 Å². The van der Waals surface area contributed by atoms with Gasteiger partial charge in [-0.15, -0.1) is 0 Å². The minimum atomic E-state index is -0.549. The molecule has 3 aromatic rings. The molecule has 0 atom stereocenters. The predicted octanol–water partition coefficient (Wildman–Crippen LogP) is 4.47. The molecule has 2 amide bonds. The van der Waals surface area contributed by atoms with Crippen LogP contribution in [0.2, 0.25) is 0 Å². The second-order valence-corrected chi connectivity index (χ2v) is 7.41. The van der Waals surface area contributed by atoms with Gasteiger partial charge in [0, 0.05) is 11.6 Å². The number of carbonyl (C=O) groups excluding carboxylic acids is 2. The molecule has 1 heterocycles. The quantitative estimate of drug-likeness (QED) is 0.344. The predicted molar refractivity (Wildman–Crippen MR) is 129 cm³/mol. The summed E-state index contributed by atoms with van der Waals surface area (Å²) in [6, 6.07) is 18.6. The van der Waals surface area contributed by atoms with Crippen LogP contribution in [0, 0.1) is 0 Å². The van der Waals surface area contributed by atoms with Crippen LogP contribution in [0.4, 0.5) is 5.69 Å². The summed E-state index contributed by atoms with van der Waals surface area (Å²) in [6.07, 6.45) is 1.58. The first-order chi connectivity index (χ1) is 15.5. The normalized spacial score (nSPS) is 15.2. The van der Waals surface area contributed by atoms with Gasteiger partial charge in [-0.05, 0) is 61.1 Å². The van der Waals surface area contributed by atoms with Crippen LogP contribution in [0.3, 0.4) is 0 Å². The van der Waals surface area contributed by atoms with Crippen molar-refractivity contribution in [3.05, 3.63) is 71.8 Å². The molecule has 32 heavy (non-hydrogen) atoms. The highest BCUT2D eigenvalue weighted by Crippen LogP contribution is 2.32. The van der Waals surface area contributed by atoms with Crippen molar-refractivity contribution in [1.82, 2.24) is 5.32 Å². The molecular weight excluding hydrogens is 424 g/mol. The van der Waals surface area contributed by atoms with Gasteiger partial charge in [0.25, 0.3) is 11.8 Å². The first-order valence-electron chi connectivity index (χ1n) is 10.3. The highest BCUT2D eigenvalue weighted by molar-refractivity contribution is 7.80. The van der Waals surface area contributed by atoms with E-state index < -0.39 is 11.8 Å². The molecule has 0 spiro atoms. The standard InChI is InChI=1S/C25H22N2O4S/c1-3-30-18-10-7-9-17(14-18)27-24(29)21(23(28)26-25(27)32)15-20-19-11-6-5-8-16(19)12-13-22(20)31-4-2/h5-15H,3-4H2,1-2H3,(H,26,28,32)/b21-15-. The van der Waals surface area contributed by atoms with E-state index in [1.54, 1.807) is 30.3 Å². The smallest absolute Gasteiger partial charge is 0.270 e. The Balaban J connectivity index is 1.83. The van der Waals surface area contributed by atoms with Crippen LogP contribution in [0.1, 0.15) is 19.4 Å². The number of rotatable bonds is 6. The fourth-order valence-corrected chi connectivity index (χ4v) is 3.90. The molecular formula is C25H22N2O4S. The van der Waals surface area contributed by atoms with Gasteiger partial charge in [-0.2, -0.15) is 0 Å². The van der Waals surface area contributed by atoms with Crippen molar-refractivity contribution in [2.75, 3.05) is 18.1 Å². The third-order valence-corrected chi connectivity index (χ3v) is 5.29. The van der Waals surface area contributed by atoms with Gasteiger partial charge >= 0.3 is 0 Å². The summed E-state index contributed by atoms with van der Waals surface area (Å²) >= 11 is 5.31. The molecule has 1 fully saturated rings. The van der Waals surface area contributed by atoms with Gasteiger partial charge in [0.05, 0.1) is 18.9 Å². The fraction of sp³-hybridized carbons (Fsp3) is 0.160. The van der Waals surface area contributed by atoms with Gasteiger partial charge in [0.15, 0.2) is 5.11 Å². The molecule has 6 nitrogen and oxygen atoms in total.